The average Bonchev–Trinajstić information content (AvgIpc) is 3.50. The Morgan fingerprint density at radius 3 is 2.87 bits per heavy atom. The van der Waals surface area contributed by atoms with Gasteiger partial charge in [0.1, 0.15) is 5.69 Å². The minimum absolute atomic E-state index is 0.243. The summed E-state index contributed by atoms with van der Waals surface area (Å²) in [4.78, 5) is 17.6. The Labute approximate surface area is 181 Å². The second-order valence-corrected chi connectivity index (χ2v) is 7.94. The van der Waals surface area contributed by atoms with Crippen molar-refractivity contribution in [2.24, 2.45) is 0 Å². The van der Waals surface area contributed by atoms with Crippen LogP contribution in [0.15, 0.2) is 67.7 Å². The Morgan fingerprint density at radius 1 is 1.23 bits per heavy atom. The first-order valence-corrected chi connectivity index (χ1v) is 10.4. The van der Waals surface area contributed by atoms with Gasteiger partial charge in [-0.15, -0.1) is 11.3 Å². The van der Waals surface area contributed by atoms with Gasteiger partial charge in [-0.2, -0.15) is 9.49 Å². The Balaban J connectivity index is 1.61. The molecule has 5 aromatic heterocycles. The third kappa shape index (κ3) is 3.47. The number of imidazole rings is 1. The zero-order chi connectivity index (χ0) is 21.4. The van der Waals surface area contributed by atoms with E-state index in [2.05, 4.69) is 31.7 Å². The summed E-state index contributed by atoms with van der Waals surface area (Å²) >= 11 is 1.08. The van der Waals surface area contributed by atoms with E-state index in [-0.39, 0.29) is 5.13 Å². The monoisotopic (exact) mass is 428 g/mol. The first-order chi connectivity index (χ1) is 15.1. The summed E-state index contributed by atoms with van der Waals surface area (Å²) < 4.78 is 13.6. The summed E-state index contributed by atoms with van der Waals surface area (Å²) in [6, 6.07) is 9.01. The third-order valence-electron chi connectivity index (χ3n) is 4.89. The van der Waals surface area contributed by atoms with Crippen molar-refractivity contribution >= 4 is 27.8 Å². The molecule has 0 radical (unpaired) electrons. The number of hydrogen-bond acceptors (Lipinski definition) is 5. The summed E-state index contributed by atoms with van der Waals surface area (Å²) in [7, 11) is 0. The van der Waals surface area contributed by atoms with E-state index in [4.69, 9.17) is 4.98 Å². The summed E-state index contributed by atoms with van der Waals surface area (Å²) in [6.07, 6.45) is 8.77. The predicted molar refractivity (Wildman–Crippen MR) is 121 cm³/mol. The molecule has 5 aromatic rings. The molecular weight excluding hydrogens is 411 g/mol. The highest BCUT2D eigenvalue weighted by Crippen LogP contribution is 2.33. The molecule has 0 amide bonds. The maximum absolute atomic E-state index is 13.6. The van der Waals surface area contributed by atoms with E-state index in [0.29, 0.717) is 11.5 Å². The lowest BCUT2D eigenvalue weighted by Crippen LogP contribution is -1.88. The number of nitrogens with one attached hydrogen (secondary N) is 2. The molecule has 31 heavy (non-hydrogen) atoms. The van der Waals surface area contributed by atoms with Crippen molar-refractivity contribution in [3.05, 3.63) is 89.0 Å². The molecule has 8 heteroatoms. The lowest BCUT2D eigenvalue weighted by molar-refractivity contribution is 0.657. The van der Waals surface area contributed by atoms with E-state index in [1.807, 2.05) is 31.2 Å². The van der Waals surface area contributed by atoms with Gasteiger partial charge in [0.2, 0.25) is 0 Å². The van der Waals surface area contributed by atoms with Crippen LogP contribution >= 0.6 is 11.3 Å². The van der Waals surface area contributed by atoms with Crippen molar-refractivity contribution in [1.29, 1.82) is 0 Å². The second kappa shape index (κ2) is 7.73. The van der Waals surface area contributed by atoms with E-state index in [0.717, 1.165) is 55.3 Å². The van der Waals surface area contributed by atoms with Crippen molar-refractivity contribution in [3.63, 3.8) is 0 Å². The van der Waals surface area contributed by atoms with Gasteiger partial charge in [0, 0.05) is 39.5 Å². The molecule has 5 rings (SSSR count). The minimum atomic E-state index is -0.243. The van der Waals surface area contributed by atoms with Crippen molar-refractivity contribution in [2.45, 2.75) is 6.92 Å². The largest absolute Gasteiger partial charge is 0.340 e. The highest BCUT2D eigenvalue weighted by atomic mass is 32.1. The molecule has 0 saturated heterocycles. The normalized spacial score (nSPS) is 11.9. The number of pyridine rings is 2. The van der Waals surface area contributed by atoms with Gasteiger partial charge < -0.3 is 4.98 Å². The molecule has 0 atom stereocenters. The number of halogens is 1. The number of nitrogens with zero attached hydrogens (tertiary/aromatic N) is 4. The lowest BCUT2D eigenvalue weighted by atomic mass is 10.1. The number of fused-ring (bicyclic) bond motifs is 1. The molecule has 0 aliphatic carbocycles. The zero-order valence-corrected chi connectivity index (χ0v) is 17.4. The molecule has 0 aromatic carbocycles. The Kier molecular flexibility index (Phi) is 4.76. The molecule has 5 heterocycles. The van der Waals surface area contributed by atoms with Crippen molar-refractivity contribution < 1.29 is 4.39 Å². The molecule has 6 nitrogen and oxygen atoms in total. The van der Waals surface area contributed by atoms with Crippen LogP contribution in [-0.4, -0.2) is 30.1 Å². The zero-order valence-electron chi connectivity index (χ0n) is 16.6. The fraction of sp³-hybridized carbons (Fsp3) is 0.0435. The van der Waals surface area contributed by atoms with Gasteiger partial charge in [0.25, 0.3) is 0 Å². The molecule has 0 fully saturated rings. The fourth-order valence-electron chi connectivity index (χ4n) is 3.46. The maximum atomic E-state index is 13.6. The standard InChI is InChI=1S/C23H17FN6S/c1-3-5-15(19-7-8-20(24)31-19)21-13(2)27-23(28-21)22-16-10-17(14-6-4-9-25-11-14)26-12-18(16)29-30-22/h3-12H,1H2,2H3,(H,27,28)(H,29,30)/b15-5-. The fourth-order valence-corrected chi connectivity index (χ4v) is 4.22. The quantitative estimate of drug-likeness (QED) is 0.360. The molecule has 0 aliphatic rings. The number of aryl methyl sites for hydroxylation is 1. The Morgan fingerprint density at radius 2 is 2.13 bits per heavy atom. The van der Waals surface area contributed by atoms with Gasteiger partial charge in [-0.1, -0.05) is 18.7 Å². The number of thiophene rings is 1. The van der Waals surface area contributed by atoms with Crippen LogP contribution in [-0.2, 0) is 0 Å². The highest BCUT2D eigenvalue weighted by molar-refractivity contribution is 7.11. The molecule has 0 saturated carbocycles. The van der Waals surface area contributed by atoms with Crippen molar-refractivity contribution in [3.8, 4) is 22.8 Å². The van der Waals surface area contributed by atoms with Crippen LogP contribution < -0.4 is 0 Å². The number of aromatic nitrogens is 6. The van der Waals surface area contributed by atoms with Crippen LogP contribution in [0.5, 0.6) is 0 Å². The SMILES string of the molecule is C=C/C=C(/c1ccc(F)s1)c1nc(-c2n[nH]c3cnc(-c4cccnc4)cc23)[nH]c1C. The van der Waals surface area contributed by atoms with Crippen LogP contribution in [0.25, 0.3) is 39.3 Å². The number of aromatic amines is 2. The van der Waals surface area contributed by atoms with Crippen LogP contribution in [0.2, 0.25) is 0 Å². The number of allylic oxidation sites excluding steroid dienone is 2. The summed E-state index contributed by atoms with van der Waals surface area (Å²) in [6.45, 7) is 5.73. The van der Waals surface area contributed by atoms with Crippen LogP contribution in [0, 0.1) is 12.1 Å². The van der Waals surface area contributed by atoms with Gasteiger partial charge in [-0.3, -0.25) is 15.1 Å². The van der Waals surface area contributed by atoms with Gasteiger partial charge in [0.15, 0.2) is 11.0 Å². The van der Waals surface area contributed by atoms with Gasteiger partial charge in [0.05, 0.1) is 23.1 Å². The van der Waals surface area contributed by atoms with E-state index in [1.165, 1.54) is 6.07 Å². The number of H-pyrrole nitrogens is 2. The maximum Gasteiger partial charge on any atom is 0.176 e. The second-order valence-electron chi connectivity index (χ2n) is 6.91. The van der Waals surface area contributed by atoms with Crippen LogP contribution in [0.3, 0.4) is 0 Å². The summed E-state index contributed by atoms with van der Waals surface area (Å²) in [5.74, 6) is 0.620. The Hall–Kier alpha value is -3.91. The van der Waals surface area contributed by atoms with Gasteiger partial charge in [-0.25, -0.2) is 4.98 Å². The van der Waals surface area contributed by atoms with E-state index in [9.17, 15) is 4.39 Å². The van der Waals surface area contributed by atoms with Gasteiger partial charge in [-0.05, 0) is 37.3 Å². The molecule has 0 bridgehead atoms. The first kappa shape index (κ1) is 19.1. The topological polar surface area (TPSA) is 83.1 Å². The number of rotatable bonds is 5. The van der Waals surface area contributed by atoms with E-state index in [1.54, 1.807) is 30.7 Å². The molecule has 2 N–H and O–H groups in total. The van der Waals surface area contributed by atoms with Crippen LogP contribution in [0.1, 0.15) is 16.3 Å². The predicted octanol–water partition coefficient (Wildman–Crippen LogP) is 5.54. The molecule has 0 unspecified atom stereocenters. The lowest BCUT2D eigenvalue weighted by Gasteiger charge is -2.02. The highest BCUT2D eigenvalue weighted by Gasteiger charge is 2.19. The van der Waals surface area contributed by atoms with E-state index < -0.39 is 0 Å². The number of hydrogen-bond donors (Lipinski definition) is 2. The summed E-state index contributed by atoms with van der Waals surface area (Å²) in [5, 5.41) is 8.13. The minimum Gasteiger partial charge on any atom is -0.340 e. The van der Waals surface area contributed by atoms with E-state index >= 15 is 0 Å². The molecule has 0 spiro atoms. The van der Waals surface area contributed by atoms with Crippen molar-refractivity contribution in [1.82, 2.24) is 30.1 Å². The molecule has 152 valence electrons. The van der Waals surface area contributed by atoms with Crippen LogP contribution in [0.4, 0.5) is 4.39 Å². The third-order valence-corrected chi connectivity index (χ3v) is 5.80. The van der Waals surface area contributed by atoms with Gasteiger partial charge >= 0.3 is 0 Å². The smallest absolute Gasteiger partial charge is 0.176 e. The van der Waals surface area contributed by atoms with Crippen molar-refractivity contribution in [2.75, 3.05) is 0 Å². The average molecular weight is 428 g/mol. The molecule has 0 aliphatic heterocycles. The molecular formula is C23H17FN6S. The first-order valence-electron chi connectivity index (χ1n) is 9.54. The summed E-state index contributed by atoms with van der Waals surface area (Å²) in [5.41, 5.74) is 5.61. The Bertz CT molecular complexity index is 1430.